The van der Waals surface area contributed by atoms with E-state index in [-0.39, 0.29) is 5.91 Å². The standard InChI is InChI=1S/C13H23NO/c1-3-11-13(9-12(15)14-11)7-4-5-10(2)6-8-13/h10-11H,3-9H2,1-2H3,(H,14,15). The molecule has 1 saturated carbocycles. The van der Waals surface area contributed by atoms with E-state index in [0.717, 1.165) is 18.8 Å². The van der Waals surface area contributed by atoms with E-state index in [1.165, 1.54) is 32.1 Å². The summed E-state index contributed by atoms with van der Waals surface area (Å²) in [6.07, 6.45) is 8.38. The molecule has 86 valence electrons. The van der Waals surface area contributed by atoms with Gasteiger partial charge < -0.3 is 5.32 Å². The van der Waals surface area contributed by atoms with Gasteiger partial charge in [0.2, 0.25) is 5.91 Å². The maximum Gasteiger partial charge on any atom is 0.220 e. The number of hydrogen-bond donors (Lipinski definition) is 1. The predicted molar refractivity (Wildman–Crippen MR) is 61.5 cm³/mol. The van der Waals surface area contributed by atoms with Gasteiger partial charge in [-0.25, -0.2) is 0 Å². The van der Waals surface area contributed by atoms with Crippen molar-refractivity contribution in [3.8, 4) is 0 Å². The molecule has 2 aliphatic rings. The quantitative estimate of drug-likeness (QED) is 0.707. The van der Waals surface area contributed by atoms with Crippen LogP contribution in [-0.4, -0.2) is 11.9 Å². The third-order valence-electron chi connectivity index (χ3n) is 4.50. The van der Waals surface area contributed by atoms with Gasteiger partial charge in [0.25, 0.3) is 0 Å². The normalized spacial score (nSPS) is 41.6. The summed E-state index contributed by atoms with van der Waals surface area (Å²) in [6, 6.07) is 0.454. The third-order valence-corrected chi connectivity index (χ3v) is 4.50. The molecule has 3 unspecified atom stereocenters. The summed E-state index contributed by atoms with van der Waals surface area (Å²) < 4.78 is 0. The fraction of sp³-hybridized carbons (Fsp3) is 0.923. The second-order valence-electron chi connectivity index (χ2n) is 5.60. The lowest BCUT2D eigenvalue weighted by Gasteiger charge is -2.32. The van der Waals surface area contributed by atoms with E-state index in [9.17, 15) is 4.79 Å². The highest BCUT2D eigenvalue weighted by Crippen LogP contribution is 2.46. The average Bonchev–Trinajstić information content (AvgIpc) is 2.40. The van der Waals surface area contributed by atoms with Gasteiger partial charge >= 0.3 is 0 Å². The van der Waals surface area contributed by atoms with E-state index in [4.69, 9.17) is 0 Å². The molecule has 15 heavy (non-hydrogen) atoms. The van der Waals surface area contributed by atoms with E-state index in [0.29, 0.717) is 11.5 Å². The van der Waals surface area contributed by atoms with E-state index in [2.05, 4.69) is 19.2 Å². The highest BCUT2D eigenvalue weighted by molar-refractivity contribution is 5.80. The highest BCUT2D eigenvalue weighted by Gasteiger charge is 2.45. The zero-order valence-electron chi connectivity index (χ0n) is 10.0. The lowest BCUT2D eigenvalue weighted by atomic mass is 9.73. The zero-order valence-corrected chi connectivity index (χ0v) is 10.0. The second kappa shape index (κ2) is 4.15. The summed E-state index contributed by atoms with van der Waals surface area (Å²) in [5.41, 5.74) is 0.316. The Morgan fingerprint density at radius 2 is 2.20 bits per heavy atom. The van der Waals surface area contributed by atoms with Crippen LogP contribution in [0.15, 0.2) is 0 Å². The van der Waals surface area contributed by atoms with Gasteiger partial charge in [0.15, 0.2) is 0 Å². The molecule has 1 heterocycles. The largest absolute Gasteiger partial charge is 0.353 e. The van der Waals surface area contributed by atoms with Crippen LogP contribution in [0.1, 0.15) is 58.8 Å². The number of nitrogens with one attached hydrogen (secondary N) is 1. The monoisotopic (exact) mass is 209 g/mol. The lowest BCUT2D eigenvalue weighted by Crippen LogP contribution is -2.36. The van der Waals surface area contributed by atoms with Gasteiger partial charge in [0.05, 0.1) is 0 Å². The topological polar surface area (TPSA) is 29.1 Å². The first-order valence-electron chi connectivity index (χ1n) is 6.45. The van der Waals surface area contributed by atoms with Crippen LogP contribution in [0, 0.1) is 11.3 Å². The molecule has 1 aliphatic carbocycles. The van der Waals surface area contributed by atoms with E-state index >= 15 is 0 Å². The molecular formula is C13H23NO. The molecule has 0 bridgehead atoms. The molecule has 1 spiro atoms. The molecule has 0 aromatic rings. The molecular weight excluding hydrogens is 186 g/mol. The van der Waals surface area contributed by atoms with E-state index < -0.39 is 0 Å². The minimum absolute atomic E-state index is 0.288. The minimum atomic E-state index is 0.288. The Morgan fingerprint density at radius 1 is 1.40 bits per heavy atom. The third kappa shape index (κ3) is 2.04. The predicted octanol–water partition coefficient (Wildman–Crippen LogP) is 2.87. The molecule has 1 N–H and O–H groups in total. The maximum absolute atomic E-state index is 11.6. The minimum Gasteiger partial charge on any atom is -0.353 e. The number of amides is 1. The van der Waals surface area contributed by atoms with Crippen molar-refractivity contribution < 1.29 is 4.79 Å². The molecule has 1 saturated heterocycles. The van der Waals surface area contributed by atoms with Crippen LogP contribution < -0.4 is 5.32 Å². The Balaban J connectivity index is 2.13. The summed E-state index contributed by atoms with van der Waals surface area (Å²) in [5.74, 6) is 1.15. The van der Waals surface area contributed by atoms with Crippen molar-refractivity contribution in [3.63, 3.8) is 0 Å². The van der Waals surface area contributed by atoms with Gasteiger partial charge in [-0.15, -0.1) is 0 Å². The fourth-order valence-corrected chi connectivity index (χ4v) is 3.51. The molecule has 2 nitrogen and oxygen atoms in total. The maximum atomic E-state index is 11.6. The Labute approximate surface area is 92.8 Å². The van der Waals surface area contributed by atoms with Crippen molar-refractivity contribution in [2.75, 3.05) is 0 Å². The Hall–Kier alpha value is -0.530. The van der Waals surface area contributed by atoms with Crippen LogP contribution in [0.25, 0.3) is 0 Å². The molecule has 2 heteroatoms. The van der Waals surface area contributed by atoms with Crippen molar-refractivity contribution in [2.24, 2.45) is 11.3 Å². The molecule has 2 rings (SSSR count). The van der Waals surface area contributed by atoms with Crippen LogP contribution in [0.2, 0.25) is 0 Å². The number of hydrogen-bond acceptors (Lipinski definition) is 1. The average molecular weight is 209 g/mol. The van der Waals surface area contributed by atoms with Crippen molar-refractivity contribution in [2.45, 2.75) is 64.8 Å². The number of rotatable bonds is 1. The first-order valence-corrected chi connectivity index (χ1v) is 6.45. The number of carbonyl (C=O) groups excluding carboxylic acids is 1. The molecule has 1 amide bonds. The Kier molecular flexibility index (Phi) is 3.03. The highest BCUT2D eigenvalue weighted by atomic mass is 16.2. The molecule has 1 aliphatic heterocycles. The van der Waals surface area contributed by atoms with E-state index in [1.54, 1.807) is 0 Å². The van der Waals surface area contributed by atoms with Crippen LogP contribution in [0.5, 0.6) is 0 Å². The summed E-state index contributed by atoms with van der Waals surface area (Å²) in [6.45, 7) is 4.55. The summed E-state index contributed by atoms with van der Waals surface area (Å²) in [4.78, 5) is 11.6. The van der Waals surface area contributed by atoms with Crippen LogP contribution >= 0.6 is 0 Å². The Bertz CT molecular complexity index is 251. The first-order chi connectivity index (χ1) is 7.16. The Morgan fingerprint density at radius 3 is 2.93 bits per heavy atom. The SMILES string of the molecule is CCC1NC(=O)CC12CCCC(C)CC2. The van der Waals surface area contributed by atoms with Crippen LogP contribution in [0.4, 0.5) is 0 Å². The fourth-order valence-electron chi connectivity index (χ4n) is 3.51. The smallest absolute Gasteiger partial charge is 0.220 e. The zero-order chi connectivity index (χ0) is 10.9. The van der Waals surface area contributed by atoms with Gasteiger partial charge in [-0.05, 0) is 30.6 Å². The molecule has 3 atom stereocenters. The second-order valence-corrected chi connectivity index (χ2v) is 5.60. The molecule has 0 aromatic heterocycles. The van der Waals surface area contributed by atoms with Gasteiger partial charge in [-0.2, -0.15) is 0 Å². The van der Waals surface area contributed by atoms with E-state index in [1.807, 2.05) is 0 Å². The van der Waals surface area contributed by atoms with Crippen molar-refractivity contribution in [1.82, 2.24) is 5.32 Å². The van der Waals surface area contributed by atoms with Crippen molar-refractivity contribution in [3.05, 3.63) is 0 Å². The summed E-state index contributed by atoms with van der Waals surface area (Å²) in [5, 5.41) is 3.17. The molecule has 0 aromatic carbocycles. The molecule has 0 radical (unpaired) electrons. The summed E-state index contributed by atoms with van der Waals surface area (Å²) in [7, 11) is 0. The van der Waals surface area contributed by atoms with Gasteiger partial charge in [0.1, 0.15) is 0 Å². The molecule has 2 fully saturated rings. The van der Waals surface area contributed by atoms with Gasteiger partial charge in [0, 0.05) is 12.5 Å². The summed E-state index contributed by atoms with van der Waals surface area (Å²) >= 11 is 0. The van der Waals surface area contributed by atoms with Crippen LogP contribution in [0.3, 0.4) is 0 Å². The lowest BCUT2D eigenvalue weighted by molar-refractivity contribution is -0.119. The van der Waals surface area contributed by atoms with Crippen molar-refractivity contribution >= 4 is 5.91 Å². The number of carbonyl (C=O) groups is 1. The van der Waals surface area contributed by atoms with Crippen LogP contribution in [-0.2, 0) is 4.79 Å². The van der Waals surface area contributed by atoms with Crippen molar-refractivity contribution in [1.29, 1.82) is 0 Å². The first kappa shape index (κ1) is 11.0. The van der Waals surface area contributed by atoms with Gasteiger partial charge in [-0.1, -0.05) is 33.1 Å². The van der Waals surface area contributed by atoms with Gasteiger partial charge in [-0.3, -0.25) is 4.79 Å².